The highest BCUT2D eigenvalue weighted by Gasteiger charge is 2.46. The molecule has 0 heterocycles. The summed E-state index contributed by atoms with van der Waals surface area (Å²) in [5.74, 6) is 1.27. The van der Waals surface area contributed by atoms with Crippen molar-refractivity contribution in [2.75, 3.05) is 26.4 Å². The maximum absolute atomic E-state index is 9.92. The second-order valence-electron chi connectivity index (χ2n) is 10.1. The van der Waals surface area contributed by atoms with Crippen LogP contribution in [0.5, 0.6) is 11.5 Å². The molecular weight excluding hydrogens is 492 g/mol. The number of hydrogen-bond donors (Lipinski definition) is 4. The molecule has 0 amide bonds. The first-order valence-corrected chi connectivity index (χ1v) is 13.1. The van der Waals surface area contributed by atoms with E-state index in [1.165, 1.54) is 0 Å². The molecule has 6 nitrogen and oxygen atoms in total. The van der Waals surface area contributed by atoms with Gasteiger partial charge in [0.2, 0.25) is 0 Å². The topological polar surface area (TPSA) is 99.4 Å². The number of aliphatic hydroxyl groups is 4. The average molecular weight is 527 g/mol. The summed E-state index contributed by atoms with van der Waals surface area (Å²) in [5, 5.41) is 38.4. The molecule has 0 bridgehead atoms. The van der Waals surface area contributed by atoms with E-state index in [0.29, 0.717) is 11.5 Å². The molecule has 2 atom stereocenters. The van der Waals surface area contributed by atoms with E-state index in [-0.39, 0.29) is 26.4 Å². The molecule has 0 saturated carbocycles. The lowest BCUT2D eigenvalue weighted by atomic mass is 9.67. The first-order chi connectivity index (χ1) is 18.9. The van der Waals surface area contributed by atoms with Gasteiger partial charge >= 0.3 is 0 Å². The van der Waals surface area contributed by atoms with Crippen LogP contribution >= 0.6 is 0 Å². The van der Waals surface area contributed by atoms with Crippen molar-refractivity contribution in [2.45, 2.75) is 31.5 Å². The maximum Gasteiger partial charge on any atom is 0.122 e. The van der Waals surface area contributed by atoms with Gasteiger partial charge < -0.3 is 29.9 Å². The summed E-state index contributed by atoms with van der Waals surface area (Å²) in [6.07, 6.45) is -1.94. The van der Waals surface area contributed by atoms with Crippen LogP contribution in [0.15, 0.2) is 84.9 Å². The summed E-state index contributed by atoms with van der Waals surface area (Å²) < 4.78 is 12.0. The Morgan fingerprint density at radius 2 is 1.03 bits per heavy atom. The van der Waals surface area contributed by atoms with Crippen molar-refractivity contribution in [3.63, 3.8) is 0 Å². The van der Waals surface area contributed by atoms with E-state index in [9.17, 15) is 20.4 Å². The summed E-state index contributed by atoms with van der Waals surface area (Å²) in [6.45, 7) is 3.13. The van der Waals surface area contributed by atoms with Crippen molar-refractivity contribution >= 4 is 0 Å². The minimum absolute atomic E-state index is 0.0172. The van der Waals surface area contributed by atoms with Crippen molar-refractivity contribution < 1.29 is 29.9 Å². The Hall–Kier alpha value is -3.68. The molecule has 202 valence electrons. The SMILES string of the molecule is Cc1ccc(C2(c3ccc(C)c(OCC(O)CO)c3)c3ccccc3-c3ccccc32)cc1OCC(O)CO. The zero-order chi connectivity index (χ0) is 27.6. The number of aliphatic hydroxyl groups excluding tert-OH is 4. The van der Waals surface area contributed by atoms with E-state index in [1.54, 1.807) is 0 Å². The Labute approximate surface area is 228 Å². The van der Waals surface area contributed by atoms with E-state index in [2.05, 4.69) is 36.4 Å². The molecule has 0 spiro atoms. The Bertz CT molecular complexity index is 1350. The van der Waals surface area contributed by atoms with Crippen LogP contribution in [0, 0.1) is 13.8 Å². The van der Waals surface area contributed by atoms with Crippen LogP contribution in [-0.4, -0.2) is 59.1 Å². The molecule has 39 heavy (non-hydrogen) atoms. The zero-order valence-corrected chi connectivity index (χ0v) is 22.2. The average Bonchev–Trinajstić information content (AvgIpc) is 3.27. The van der Waals surface area contributed by atoms with E-state index in [1.807, 2.05) is 62.4 Å². The van der Waals surface area contributed by atoms with E-state index >= 15 is 0 Å². The van der Waals surface area contributed by atoms with Gasteiger partial charge in [-0.25, -0.2) is 0 Å². The minimum atomic E-state index is -0.971. The smallest absolute Gasteiger partial charge is 0.122 e. The third-order valence-corrected chi connectivity index (χ3v) is 7.48. The van der Waals surface area contributed by atoms with E-state index in [0.717, 1.165) is 44.5 Å². The molecule has 5 rings (SSSR count). The second-order valence-corrected chi connectivity index (χ2v) is 10.1. The first-order valence-electron chi connectivity index (χ1n) is 13.1. The molecule has 4 aromatic rings. The van der Waals surface area contributed by atoms with Crippen molar-refractivity contribution in [2.24, 2.45) is 0 Å². The summed E-state index contributed by atoms with van der Waals surface area (Å²) in [5.41, 5.74) is 7.66. The van der Waals surface area contributed by atoms with Gasteiger partial charge in [0.25, 0.3) is 0 Å². The van der Waals surface area contributed by atoms with Gasteiger partial charge in [-0.15, -0.1) is 0 Å². The molecule has 0 aliphatic heterocycles. The molecule has 0 fully saturated rings. The van der Waals surface area contributed by atoms with Crippen LogP contribution in [0.25, 0.3) is 11.1 Å². The van der Waals surface area contributed by atoms with Gasteiger partial charge in [-0.1, -0.05) is 72.8 Å². The molecule has 1 aliphatic rings. The number of ether oxygens (including phenoxy) is 2. The maximum atomic E-state index is 9.92. The van der Waals surface area contributed by atoms with Crippen molar-refractivity contribution in [3.05, 3.63) is 118 Å². The molecule has 2 unspecified atom stereocenters. The minimum Gasteiger partial charge on any atom is -0.491 e. The van der Waals surface area contributed by atoms with E-state index < -0.39 is 17.6 Å². The number of fused-ring (bicyclic) bond motifs is 3. The van der Waals surface area contributed by atoms with Crippen molar-refractivity contribution in [1.82, 2.24) is 0 Å². The highest BCUT2D eigenvalue weighted by molar-refractivity contribution is 5.86. The molecule has 0 radical (unpaired) electrons. The van der Waals surface area contributed by atoms with Gasteiger partial charge in [0.05, 0.1) is 18.6 Å². The fourth-order valence-electron chi connectivity index (χ4n) is 5.48. The zero-order valence-electron chi connectivity index (χ0n) is 22.2. The van der Waals surface area contributed by atoms with Gasteiger partial charge in [-0.3, -0.25) is 0 Å². The largest absolute Gasteiger partial charge is 0.491 e. The Kier molecular flexibility index (Phi) is 7.73. The Morgan fingerprint density at radius 3 is 1.44 bits per heavy atom. The van der Waals surface area contributed by atoms with Crippen LogP contribution in [0.1, 0.15) is 33.4 Å². The molecule has 6 heteroatoms. The van der Waals surface area contributed by atoms with Gasteiger partial charge in [-0.05, 0) is 70.5 Å². The lowest BCUT2D eigenvalue weighted by Gasteiger charge is -2.34. The number of aryl methyl sites for hydroxylation is 2. The van der Waals surface area contributed by atoms with Crippen molar-refractivity contribution in [1.29, 1.82) is 0 Å². The third-order valence-electron chi connectivity index (χ3n) is 7.48. The lowest BCUT2D eigenvalue weighted by molar-refractivity contribution is 0.0533. The number of hydrogen-bond acceptors (Lipinski definition) is 6. The van der Waals surface area contributed by atoms with E-state index in [4.69, 9.17) is 9.47 Å². The van der Waals surface area contributed by atoms with Gasteiger partial charge in [0.15, 0.2) is 0 Å². The molecule has 1 aliphatic carbocycles. The lowest BCUT2D eigenvalue weighted by Crippen LogP contribution is -2.29. The monoisotopic (exact) mass is 526 g/mol. The van der Waals surface area contributed by atoms with Gasteiger partial charge in [0.1, 0.15) is 36.9 Å². The van der Waals surface area contributed by atoms with Crippen LogP contribution in [0.3, 0.4) is 0 Å². The molecular formula is C33H34O6. The molecule has 0 aromatic heterocycles. The van der Waals surface area contributed by atoms with Crippen LogP contribution < -0.4 is 9.47 Å². The fraction of sp³-hybridized carbons (Fsp3) is 0.273. The van der Waals surface area contributed by atoms with Crippen molar-refractivity contribution in [3.8, 4) is 22.6 Å². The summed E-state index contributed by atoms with van der Waals surface area (Å²) in [6, 6.07) is 29.1. The fourth-order valence-corrected chi connectivity index (χ4v) is 5.48. The van der Waals surface area contributed by atoms with Gasteiger partial charge in [0, 0.05) is 0 Å². The number of rotatable bonds is 10. The Balaban J connectivity index is 1.75. The Morgan fingerprint density at radius 1 is 0.615 bits per heavy atom. The summed E-state index contributed by atoms with van der Waals surface area (Å²) >= 11 is 0. The predicted molar refractivity (Wildman–Crippen MR) is 150 cm³/mol. The second kappa shape index (κ2) is 11.2. The quantitative estimate of drug-likeness (QED) is 0.218. The van der Waals surface area contributed by atoms with Gasteiger partial charge in [-0.2, -0.15) is 0 Å². The predicted octanol–water partition coefficient (Wildman–Crippen LogP) is 4.13. The molecule has 0 saturated heterocycles. The standard InChI is InChI=1S/C33H34O6/c1-21-11-13-23(15-31(21)38-19-25(36)17-34)33(24-14-12-22(2)32(16-24)39-20-26(37)18-35)29-9-5-3-7-27(29)28-8-4-6-10-30(28)33/h3-16,25-26,34-37H,17-20H2,1-2H3. The highest BCUT2D eigenvalue weighted by atomic mass is 16.5. The summed E-state index contributed by atoms with van der Waals surface area (Å²) in [4.78, 5) is 0. The molecule has 4 aromatic carbocycles. The number of benzene rings is 4. The molecule has 4 N–H and O–H groups in total. The summed E-state index contributed by atoms with van der Waals surface area (Å²) in [7, 11) is 0. The third kappa shape index (κ3) is 4.81. The van der Waals surface area contributed by atoms with Crippen LogP contribution in [-0.2, 0) is 5.41 Å². The normalized spacial score (nSPS) is 14.8. The first kappa shape index (κ1) is 26.9. The van der Waals surface area contributed by atoms with Crippen LogP contribution in [0.4, 0.5) is 0 Å². The highest BCUT2D eigenvalue weighted by Crippen LogP contribution is 2.56. The van der Waals surface area contributed by atoms with Crippen LogP contribution in [0.2, 0.25) is 0 Å².